The normalized spacial score (nSPS) is 16.0. The van der Waals surface area contributed by atoms with Gasteiger partial charge in [-0.05, 0) is 30.3 Å². The number of hydrogen-bond acceptors (Lipinski definition) is 3. The van der Waals surface area contributed by atoms with E-state index in [0.29, 0.717) is 0 Å². The van der Waals surface area contributed by atoms with Crippen LogP contribution in [-0.2, 0) is 10.0 Å². The molecule has 0 radical (unpaired) electrons. The number of benzene rings is 2. The van der Waals surface area contributed by atoms with E-state index in [0.717, 1.165) is 18.2 Å². The van der Waals surface area contributed by atoms with Crippen molar-refractivity contribution in [3.8, 4) is 0 Å². The van der Waals surface area contributed by atoms with Gasteiger partial charge in [-0.3, -0.25) is 0 Å². The van der Waals surface area contributed by atoms with Crippen molar-refractivity contribution in [3.05, 3.63) is 59.7 Å². The van der Waals surface area contributed by atoms with Crippen LogP contribution in [0.4, 0.5) is 14.5 Å². The van der Waals surface area contributed by atoms with Gasteiger partial charge in [0.05, 0.1) is 11.3 Å². The van der Waals surface area contributed by atoms with Crippen LogP contribution in [0.1, 0.15) is 5.56 Å². The molecule has 1 aliphatic heterocycles. The zero-order valence-electron chi connectivity index (χ0n) is 9.97. The first-order chi connectivity index (χ1) is 9.47. The first kappa shape index (κ1) is 12.7. The maximum Gasteiger partial charge on any atom is 0.286 e. The molecular formula is C13H8F2N2O2S. The molecule has 0 aromatic heterocycles. The van der Waals surface area contributed by atoms with E-state index >= 15 is 0 Å². The molecule has 3 rings (SSSR count). The third kappa shape index (κ3) is 2.05. The Morgan fingerprint density at radius 1 is 1.05 bits per heavy atom. The van der Waals surface area contributed by atoms with Crippen molar-refractivity contribution >= 4 is 21.5 Å². The molecule has 0 fully saturated rings. The van der Waals surface area contributed by atoms with Gasteiger partial charge in [0, 0.05) is 0 Å². The third-order valence-corrected chi connectivity index (χ3v) is 4.15. The molecule has 2 aromatic carbocycles. The molecule has 102 valence electrons. The van der Waals surface area contributed by atoms with Crippen molar-refractivity contribution in [2.45, 2.75) is 4.90 Å². The van der Waals surface area contributed by atoms with Gasteiger partial charge in [0.15, 0.2) is 5.84 Å². The van der Waals surface area contributed by atoms with Gasteiger partial charge in [-0.15, -0.1) is 4.40 Å². The summed E-state index contributed by atoms with van der Waals surface area (Å²) < 4.78 is 54.4. The van der Waals surface area contributed by atoms with Crippen molar-refractivity contribution in [1.82, 2.24) is 0 Å². The number of amidine groups is 1. The van der Waals surface area contributed by atoms with Crippen LogP contribution in [-0.4, -0.2) is 14.3 Å². The molecule has 20 heavy (non-hydrogen) atoms. The maximum atomic E-state index is 13.7. The molecule has 1 aliphatic rings. The van der Waals surface area contributed by atoms with E-state index in [1.54, 1.807) is 12.1 Å². The van der Waals surface area contributed by atoms with Crippen LogP contribution in [0.15, 0.2) is 51.8 Å². The minimum atomic E-state index is -3.93. The second-order valence-corrected chi connectivity index (χ2v) is 5.73. The molecule has 7 heteroatoms. The van der Waals surface area contributed by atoms with E-state index in [-0.39, 0.29) is 22.0 Å². The second kappa shape index (κ2) is 4.38. The Labute approximate surface area is 113 Å². The molecule has 0 atom stereocenters. The fraction of sp³-hybridized carbons (Fsp3) is 0. The topological polar surface area (TPSA) is 58.5 Å². The average molecular weight is 294 g/mol. The average Bonchev–Trinajstić information content (AvgIpc) is 2.41. The van der Waals surface area contributed by atoms with Gasteiger partial charge in [0.25, 0.3) is 10.0 Å². The second-order valence-electron chi connectivity index (χ2n) is 4.16. The Kier molecular flexibility index (Phi) is 2.79. The Balaban J connectivity index is 2.19. The van der Waals surface area contributed by atoms with Crippen LogP contribution >= 0.6 is 0 Å². The lowest BCUT2D eigenvalue weighted by molar-refractivity contribution is 0.595. The maximum absolute atomic E-state index is 13.7. The molecule has 0 saturated carbocycles. The molecule has 1 N–H and O–H groups in total. The minimum Gasteiger partial charge on any atom is -0.338 e. The third-order valence-electron chi connectivity index (χ3n) is 2.81. The molecule has 2 aromatic rings. The number of para-hydroxylation sites is 1. The Morgan fingerprint density at radius 3 is 2.60 bits per heavy atom. The monoisotopic (exact) mass is 294 g/mol. The fourth-order valence-electron chi connectivity index (χ4n) is 1.91. The van der Waals surface area contributed by atoms with Crippen molar-refractivity contribution < 1.29 is 17.2 Å². The highest BCUT2D eigenvalue weighted by Crippen LogP contribution is 2.28. The van der Waals surface area contributed by atoms with Gasteiger partial charge in [0.1, 0.15) is 16.5 Å². The van der Waals surface area contributed by atoms with Crippen molar-refractivity contribution in [3.63, 3.8) is 0 Å². The molecule has 4 nitrogen and oxygen atoms in total. The summed E-state index contributed by atoms with van der Waals surface area (Å²) in [5.74, 6) is -1.67. The van der Waals surface area contributed by atoms with E-state index in [9.17, 15) is 17.2 Å². The molecule has 0 spiro atoms. The van der Waals surface area contributed by atoms with E-state index in [1.807, 2.05) is 0 Å². The number of fused-ring (bicyclic) bond motifs is 1. The van der Waals surface area contributed by atoms with Gasteiger partial charge in [-0.25, -0.2) is 8.78 Å². The van der Waals surface area contributed by atoms with Crippen LogP contribution in [0, 0.1) is 11.6 Å². The van der Waals surface area contributed by atoms with Gasteiger partial charge in [-0.1, -0.05) is 12.1 Å². The quantitative estimate of drug-likeness (QED) is 0.879. The van der Waals surface area contributed by atoms with E-state index < -0.39 is 21.7 Å². The molecular weight excluding hydrogens is 286 g/mol. The molecule has 1 heterocycles. The van der Waals surface area contributed by atoms with Crippen molar-refractivity contribution in [1.29, 1.82) is 0 Å². The standard InChI is InChI=1S/C13H8F2N2O2S/c14-8-5-6-10(15)9(7-8)13-16-11-3-1-2-4-12(11)20(18,19)17-13/h1-7H,(H,16,17). The summed E-state index contributed by atoms with van der Waals surface area (Å²) in [6.45, 7) is 0. The summed E-state index contributed by atoms with van der Waals surface area (Å²) in [6.07, 6.45) is 0. The summed E-state index contributed by atoms with van der Waals surface area (Å²) in [5, 5.41) is 2.70. The fourth-order valence-corrected chi connectivity index (χ4v) is 3.04. The molecule has 0 bridgehead atoms. The Hall–Kier alpha value is -2.28. The minimum absolute atomic E-state index is 0.000520. The van der Waals surface area contributed by atoms with Gasteiger partial charge in [0.2, 0.25) is 0 Å². The SMILES string of the molecule is O=S1(=O)N=C(c2cc(F)ccc2F)Nc2ccccc21. The molecule has 0 amide bonds. The lowest BCUT2D eigenvalue weighted by atomic mass is 10.1. The predicted molar refractivity (Wildman–Crippen MR) is 70.1 cm³/mol. The van der Waals surface area contributed by atoms with Crippen LogP contribution in [0.25, 0.3) is 0 Å². The summed E-state index contributed by atoms with van der Waals surface area (Å²) >= 11 is 0. The number of nitrogens with zero attached hydrogens (tertiary/aromatic N) is 1. The number of anilines is 1. The first-order valence-corrected chi connectivity index (χ1v) is 7.08. The molecule has 0 aliphatic carbocycles. The van der Waals surface area contributed by atoms with Crippen LogP contribution in [0.3, 0.4) is 0 Å². The predicted octanol–water partition coefficient (Wildman–Crippen LogP) is 2.53. The number of nitrogens with one attached hydrogen (secondary N) is 1. The Morgan fingerprint density at radius 2 is 1.80 bits per heavy atom. The summed E-state index contributed by atoms with van der Waals surface area (Å²) in [4.78, 5) is 0.000520. The van der Waals surface area contributed by atoms with Crippen LogP contribution in [0.2, 0.25) is 0 Å². The molecule has 0 saturated heterocycles. The summed E-state index contributed by atoms with van der Waals surface area (Å²) in [7, 11) is -3.93. The number of hydrogen-bond donors (Lipinski definition) is 1. The zero-order chi connectivity index (χ0) is 14.3. The lowest BCUT2D eigenvalue weighted by Gasteiger charge is -2.18. The highest BCUT2D eigenvalue weighted by Gasteiger charge is 2.26. The van der Waals surface area contributed by atoms with Crippen molar-refractivity contribution in [2.75, 3.05) is 5.32 Å². The number of rotatable bonds is 1. The number of sulfonamides is 1. The zero-order valence-corrected chi connectivity index (χ0v) is 10.8. The van der Waals surface area contributed by atoms with Crippen LogP contribution < -0.4 is 5.32 Å². The number of halogens is 2. The van der Waals surface area contributed by atoms with E-state index in [4.69, 9.17) is 0 Å². The summed E-state index contributed by atoms with van der Waals surface area (Å²) in [6, 6.07) is 8.86. The first-order valence-electron chi connectivity index (χ1n) is 5.64. The van der Waals surface area contributed by atoms with E-state index in [2.05, 4.69) is 9.71 Å². The van der Waals surface area contributed by atoms with Gasteiger partial charge < -0.3 is 5.32 Å². The smallest absolute Gasteiger partial charge is 0.286 e. The summed E-state index contributed by atoms with van der Waals surface area (Å²) in [5.41, 5.74) is 0.0456. The van der Waals surface area contributed by atoms with E-state index in [1.165, 1.54) is 12.1 Å². The van der Waals surface area contributed by atoms with Gasteiger partial charge in [-0.2, -0.15) is 8.42 Å². The largest absolute Gasteiger partial charge is 0.338 e. The lowest BCUT2D eigenvalue weighted by Crippen LogP contribution is -2.23. The highest BCUT2D eigenvalue weighted by atomic mass is 32.2. The Bertz CT molecular complexity index is 832. The molecule has 0 unspecified atom stereocenters. The van der Waals surface area contributed by atoms with Gasteiger partial charge >= 0.3 is 0 Å². The highest BCUT2D eigenvalue weighted by molar-refractivity contribution is 7.90. The van der Waals surface area contributed by atoms with Crippen LogP contribution in [0.5, 0.6) is 0 Å². The van der Waals surface area contributed by atoms with Crippen molar-refractivity contribution in [2.24, 2.45) is 4.40 Å².